The Bertz CT molecular complexity index is 1200. The molecular weight excluding hydrogens is 422 g/mol. The van der Waals surface area contributed by atoms with Gasteiger partial charge in [0, 0.05) is 5.38 Å². The number of thiazole rings is 1. The van der Waals surface area contributed by atoms with Crippen molar-refractivity contribution in [2.75, 3.05) is 0 Å². The lowest BCUT2D eigenvalue weighted by molar-refractivity contribution is 0.0642. The molecule has 1 aromatic heterocycles. The zero-order valence-corrected chi connectivity index (χ0v) is 18.0. The monoisotopic (exact) mass is 441 g/mol. The van der Waals surface area contributed by atoms with Crippen molar-refractivity contribution in [3.63, 3.8) is 0 Å². The van der Waals surface area contributed by atoms with Crippen molar-refractivity contribution in [3.05, 3.63) is 81.3 Å². The van der Waals surface area contributed by atoms with Gasteiger partial charge in [-0.25, -0.2) is 18.1 Å². The van der Waals surface area contributed by atoms with Gasteiger partial charge in [0.2, 0.25) is 10.0 Å². The molecule has 154 valence electrons. The molecular formula is C21H19N3O4S2. The number of sulfonamides is 1. The van der Waals surface area contributed by atoms with E-state index in [-0.39, 0.29) is 23.3 Å². The highest BCUT2D eigenvalue weighted by molar-refractivity contribution is 7.89. The van der Waals surface area contributed by atoms with Crippen LogP contribution in [-0.4, -0.2) is 30.1 Å². The summed E-state index contributed by atoms with van der Waals surface area (Å²) in [7, 11) is -3.74. The first kappa shape index (κ1) is 20.4. The normalized spacial score (nSPS) is 14.8. The molecule has 0 aliphatic carbocycles. The average molecular weight is 442 g/mol. The van der Waals surface area contributed by atoms with Gasteiger partial charge >= 0.3 is 0 Å². The number of nitrogens with one attached hydrogen (secondary N) is 1. The second-order valence-electron chi connectivity index (χ2n) is 7.02. The lowest BCUT2D eigenvalue weighted by Gasteiger charge is -2.15. The number of rotatable bonds is 6. The third-order valence-corrected chi connectivity index (χ3v) is 7.21. The van der Waals surface area contributed by atoms with Crippen molar-refractivity contribution in [2.24, 2.45) is 0 Å². The number of aryl methyl sites for hydroxylation is 1. The number of aromatic nitrogens is 1. The van der Waals surface area contributed by atoms with Crippen LogP contribution in [0.2, 0.25) is 0 Å². The number of carbonyl (C=O) groups excluding carboxylic acids is 2. The molecule has 1 atom stereocenters. The maximum Gasteiger partial charge on any atom is 0.261 e. The summed E-state index contributed by atoms with van der Waals surface area (Å²) in [5, 5.41) is 2.70. The highest BCUT2D eigenvalue weighted by atomic mass is 32.2. The number of nitrogens with zero attached hydrogens (tertiary/aromatic N) is 2. The van der Waals surface area contributed by atoms with E-state index in [4.69, 9.17) is 0 Å². The Hall–Kier alpha value is -2.88. The summed E-state index contributed by atoms with van der Waals surface area (Å²) in [5.41, 5.74) is 2.10. The van der Waals surface area contributed by atoms with Crippen LogP contribution >= 0.6 is 11.3 Å². The largest absolute Gasteiger partial charge is 0.270 e. The first-order valence-corrected chi connectivity index (χ1v) is 11.6. The van der Waals surface area contributed by atoms with Gasteiger partial charge in [0.25, 0.3) is 11.8 Å². The number of hydrogen-bond donors (Lipinski definition) is 1. The molecule has 0 saturated heterocycles. The van der Waals surface area contributed by atoms with Crippen molar-refractivity contribution in [1.29, 1.82) is 0 Å². The van der Waals surface area contributed by atoms with Crippen molar-refractivity contribution in [1.82, 2.24) is 14.6 Å². The van der Waals surface area contributed by atoms with E-state index in [0.717, 1.165) is 5.01 Å². The van der Waals surface area contributed by atoms with Crippen LogP contribution in [-0.2, 0) is 16.6 Å². The fourth-order valence-corrected chi connectivity index (χ4v) is 5.20. The van der Waals surface area contributed by atoms with Crippen LogP contribution < -0.4 is 4.72 Å². The van der Waals surface area contributed by atoms with Gasteiger partial charge in [-0.15, -0.1) is 11.3 Å². The van der Waals surface area contributed by atoms with Crippen LogP contribution in [0.25, 0.3) is 0 Å². The molecule has 30 heavy (non-hydrogen) atoms. The number of benzene rings is 2. The SMILES string of the molecule is Cc1nc(C(C)NS(=O)(=O)c2ccc(CN3C(=O)c4ccccc4C3=O)cc2)cs1. The lowest BCUT2D eigenvalue weighted by Crippen LogP contribution is -2.29. The van der Waals surface area contributed by atoms with Crippen LogP contribution in [0.1, 0.15) is 49.9 Å². The first-order valence-electron chi connectivity index (χ1n) is 9.25. The predicted octanol–water partition coefficient (Wildman–Crippen LogP) is 3.29. The highest BCUT2D eigenvalue weighted by Crippen LogP contribution is 2.25. The zero-order valence-electron chi connectivity index (χ0n) is 16.3. The Balaban J connectivity index is 1.48. The van der Waals surface area contributed by atoms with E-state index < -0.39 is 16.1 Å². The molecule has 9 heteroatoms. The standard InChI is InChI=1S/C21H19N3O4S2/c1-13(19-12-29-14(2)22-19)23-30(27,28)16-9-7-15(8-10-16)11-24-20(25)17-5-3-4-6-18(17)21(24)26/h3-10,12-13,23H,11H2,1-2H3. The minimum absolute atomic E-state index is 0.0780. The molecule has 0 radical (unpaired) electrons. The summed E-state index contributed by atoms with van der Waals surface area (Å²) >= 11 is 1.46. The number of imide groups is 1. The summed E-state index contributed by atoms with van der Waals surface area (Å²) in [4.78, 5) is 30.6. The molecule has 3 aromatic rings. The van der Waals surface area contributed by atoms with E-state index in [1.54, 1.807) is 43.3 Å². The second kappa shape index (κ2) is 7.75. The lowest BCUT2D eigenvalue weighted by atomic mass is 10.1. The minimum atomic E-state index is -3.74. The molecule has 4 rings (SSSR count). The van der Waals surface area contributed by atoms with E-state index in [1.165, 1.54) is 28.4 Å². The summed E-state index contributed by atoms with van der Waals surface area (Å²) in [6.07, 6.45) is 0. The quantitative estimate of drug-likeness (QED) is 0.592. The number of carbonyl (C=O) groups is 2. The predicted molar refractivity (Wildman–Crippen MR) is 113 cm³/mol. The molecule has 1 aliphatic rings. The first-order chi connectivity index (χ1) is 14.3. The van der Waals surface area contributed by atoms with Crippen LogP contribution in [0.3, 0.4) is 0 Å². The Kier molecular flexibility index (Phi) is 5.27. The average Bonchev–Trinajstić information content (AvgIpc) is 3.26. The summed E-state index contributed by atoms with van der Waals surface area (Å²) in [6.45, 7) is 3.68. The van der Waals surface area contributed by atoms with Gasteiger partial charge < -0.3 is 0 Å². The molecule has 2 aromatic carbocycles. The van der Waals surface area contributed by atoms with Gasteiger partial charge in [0.05, 0.1) is 39.3 Å². The number of hydrogen-bond acceptors (Lipinski definition) is 6. The van der Waals surface area contributed by atoms with Crippen LogP contribution in [0, 0.1) is 6.92 Å². The van der Waals surface area contributed by atoms with Crippen molar-refractivity contribution < 1.29 is 18.0 Å². The Morgan fingerprint density at radius 1 is 1.03 bits per heavy atom. The van der Waals surface area contributed by atoms with Gasteiger partial charge in [-0.3, -0.25) is 14.5 Å². The number of fused-ring (bicyclic) bond motifs is 1. The summed E-state index contributed by atoms with van der Waals surface area (Å²) < 4.78 is 28.0. The Morgan fingerprint density at radius 2 is 1.63 bits per heavy atom. The molecule has 1 aliphatic heterocycles. The molecule has 0 fully saturated rings. The smallest absolute Gasteiger partial charge is 0.261 e. The van der Waals surface area contributed by atoms with Gasteiger partial charge in [-0.2, -0.15) is 0 Å². The van der Waals surface area contributed by atoms with Gasteiger partial charge in [0.1, 0.15) is 0 Å². The number of amides is 2. The molecule has 0 spiro atoms. The van der Waals surface area contributed by atoms with Gasteiger partial charge in [-0.1, -0.05) is 24.3 Å². The summed E-state index contributed by atoms with van der Waals surface area (Å²) in [5.74, 6) is -0.692. The Morgan fingerprint density at radius 3 is 2.17 bits per heavy atom. The maximum atomic E-state index is 12.7. The van der Waals surface area contributed by atoms with Crippen molar-refractivity contribution in [3.8, 4) is 0 Å². The van der Waals surface area contributed by atoms with E-state index >= 15 is 0 Å². The molecule has 1 N–H and O–H groups in total. The van der Waals surface area contributed by atoms with Crippen LogP contribution in [0.15, 0.2) is 58.8 Å². The highest BCUT2D eigenvalue weighted by Gasteiger charge is 2.35. The minimum Gasteiger partial charge on any atom is -0.270 e. The third kappa shape index (κ3) is 3.79. The van der Waals surface area contributed by atoms with Crippen molar-refractivity contribution in [2.45, 2.75) is 31.3 Å². The molecule has 2 amide bonds. The maximum absolute atomic E-state index is 12.7. The van der Waals surface area contributed by atoms with Crippen LogP contribution in [0.4, 0.5) is 0 Å². The fourth-order valence-electron chi connectivity index (χ4n) is 3.28. The third-order valence-electron chi connectivity index (χ3n) is 4.86. The van der Waals surface area contributed by atoms with E-state index in [0.29, 0.717) is 22.4 Å². The molecule has 0 bridgehead atoms. The van der Waals surface area contributed by atoms with E-state index in [1.807, 2.05) is 12.3 Å². The fraction of sp³-hybridized carbons (Fsp3) is 0.190. The van der Waals surface area contributed by atoms with Gasteiger partial charge in [-0.05, 0) is 43.7 Å². The molecule has 0 saturated carbocycles. The van der Waals surface area contributed by atoms with E-state index in [2.05, 4.69) is 9.71 Å². The van der Waals surface area contributed by atoms with Crippen LogP contribution in [0.5, 0.6) is 0 Å². The Labute approximate surface area is 178 Å². The molecule has 7 nitrogen and oxygen atoms in total. The summed E-state index contributed by atoms with van der Waals surface area (Å²) in [6, 6.07) is 12.4. The molecule has 1 unspecified atom stereocenters. The van der Waals surface area contributed by atoms with E-state index in [9.17, 15) is 18.0 Å². The van der Waals surface area contributed by atoms with Gasteiger partial charge in [0.15, 0.2) is 0 Å². The van der Waals surface area contributed by atoms with Crippen molar-refractivity contribution >= 4 is 33.2 Å². The second-order valence-corrected chi connectivity index (χ2v) is 9.80. The topological polar surface area (TPSA) is 96.4 Å². The molecule has 2 heterocycles. The zero-order chi connectivity index (χ0) is 21.5.